The first-order valence-electron chi connectivity index (χ1n) is 6.60. The summed E-state index contributed by atoms with van der Waals surface area (Å²) in [5.41, 5.74) is 2.34. The number of carbonyl (C=O) groups is 1. The van der Waals surface area contributed by atoms with E-state index >= 15 is 0 Å². The van der Waals surface area contributed by atoms with Crippen molar-refractivity contribution in [2.75, 3.05) is 0 Å². The van der Waals surface area contributed by atoms with Crippen molar-refractivity contribution in [1.29, 1.82) is 0 Å². The van der Waals surface area contributed by atoms with Crippen LogP contribution in [0.2, 0.25) is 0 Å². The third-order valence-corrected chi connectivity index (χ3v) is 3.61. The Morgan fingerprint density at radius 1 is 1.17 bits per heavy atom. The van der Waals surface area contributed by atoms with Gasteiger partial charge in [-0.25, -0.2) is 0 Å². The predicted octanol–water partition coefficient (Wildman–Crippen LogP) is 2.96. The summed E-state index contributed by atoms with van der Waals surface area (Å²) in [6.45, 7) is 0. The second-order valence-corrected chi connectivity index (χ2v) is 4.90. The monoisotopic (exact) mass is 240 g/mol. The molecule has 18 heavy (non-hydrogen) atoms. The van der Waals surface area contributed by atoms with Gasteiger partial charge >= 0.3 is 0 Å². The van der Waals surface area contributed by atoms with E-state index in [4.69, 9.17) is 4.99 Å². The molecule has 0 bridgehead atoms. The molecule has 2 aliphatic carbocycles. The minimum atomic E-state index is -0.0202. The molecule has 0 radical (unpaired) electrons. The molecular formula is C15H16N2O. The molecule has 1 saturated carbocycles. The van der Waals surface area contributed by atoms with E-state index in [1.54, 1.807) is 12.3 Å². The Labute approximate surface area is 107 Å². The van der Waals surface area contributed by atoms with Gasteiger partial charge < -0.3 is 0 Å². The highest BCUT2D eigenvalue weighted by Crippen LogP contribution is 2.23. The van der Waals surface area contributed by atoms with Crippen molar-refractivity contribution in [1.82, 2.24) is 4.98 Å². The van der Waals surface area contributed by atoms with Gasteiger partial charge in [0.05, 0.1) is 11.8 Å². The summed E-state index contributed by atoms with van der Waals surface area (Å²) in [6, 6.07) is 4.22. The number of ketones is 1. The number of rotatable bonds is 1. The van der Waals surface area contributed by atoms with E-state index < -0.39 is 0 Å². The minimum Gasteiger partial charge on any atom is -0.288 e. The molecule has 3 nitrogen and oxygen atoms in total. The summed E-state index contributed by atoms with van der Waals surface area (Å²) in [5, 5.41) is 0. The van der Waals surface area contributed by atoms with Crippen LogP contribution in [0.15, 0.2) is 35.5 Å². The molecule has 1 aromatic heterocycles. The van der Waals surface area contributed by atoms with Gasteiger partial charge in [-0.05, 0) is 37.1 Å². The summed E-state index contributed by atoms with van der Waals surface area (Å²) in [6.07, 6.45) is 11.3. The Balaban J connectivity index is 1.95. The molecular weight excluding hydrogens is 224 g/mol. The zero-order valence-electron chi connectivity index (χ0n) is 10.3. The Hall–Kier alpha value is -1.77. The fraction of sp³-hybridized carbons (Fsp3) is 0.400. The lowest BCUT2D eigenvalue weighted by Gasteiger charge is -2.20. The largest absolute Gasteiger partial charge is 0.288 e. The number of carbonyl (C=O) groups excluding carboxylic acids is 1. The fourth-order valence-electron chi connectivity index (χ4n) is 2.65. The van der Waals surface area contributed by atoms with Crippen LogP contribution in [0.25, 0.3) is 0 Å². The van der Waals surface area contributed by atoms with E-state index in [1.165, 1.54) is 32.1 Å². The van der Waals surface area contributed by atoms with Crippen molar-refractivity contribution in [2.24, 2.45) is 4.99 Å². The van der Waals surface area contributed by atoms with Crippen molar-refractivity contribution in [2.45, 2.75) is 38.1 Å². The van der Waals surface area contributed by atoms with Crippen LogP contribution >= 0.6 is 0 Å². The molecule has 0 unspecified atom stereocenters. The maximum absolute atomic E-state index is 11.7. The van der Waals surface area contributed by atoms with Gasteiger partial charge in [0.2, 0.25) is 5.78 Å². The van der Waals surface area contributed by atoms with Gasteiger partial charge in [-0.3, -0.25) is 14.8 Å². The zero-order valence-corrected chi connectivity index (χ0v) is 10.3. The molecule has 1 aromatic rings. The highest BCUT2D eigenvalue weighted by molar-refractivity contribution is 6.23. The number of aromatic nitrogens is 1. The molecule has 2 aliphatic rings. The second kappa shape index (κ2) is 4.84. The number of allylic oxidation sites excluding steroid dienone is 2. The Kier molecular flexibility index (Phi) is 3.05. The molecule has 3 rings (SSSR count). The van der Waals surface area contributed by atoms with Crippen molar-refractivity contribution < 1.29 is 4.79 Å². The van der Waals surface area contributed by atoms with Crippen LogP contribution in [0.3, 0.4) is 0 Å². The van der Waals surface area contributed by atoms with Crippen molar-refractivity contribution in [3.05, 3.63) is 41.7 Å². The molecule has 0 aliphatic heterocycles. The van der Waals surface area contributed by atoms with Gasteiger partial charge in [0.15, 0.2) is 0 Å². The van der Waals surface area contributed by atoms with Gasteiger partial charge in [0.1, 0.15) is 5.69 Å². The van der Waals surface area contributed by atoms with Crippen LogP contribution in [0.1, 0.15) is 48.2 Å². The molecule has 0 saturated heterocycles. The number of aliphatic imine (C=N–C) groups is 1. The molecule has 1 heterocycles. The summed E-state index contributed by atoms with van der Waals surface area (Å²) in [7, 11) is 0. The first-order chi connectivity index (χ1) is 8.84. The average Bonchev–Trinajstić information content (AvgIpc) is 2.44. The van der Waals surface area contributed by atoms with E-state index in [1.807, 2.05) is 18.2 Å². The quantitative estimate of drug-likeness (QED) is 0.757. The normalized spacial score (nSPS) is 22.2. The highest BCUT2D eigenvalue weighted by atomic mass is 16.1. The number of hydrogen-bond acceptors (Lipinski definition) is 3. The standard InChI is InChI=1S/C15H16N2O/c18-14-9-8-13(12-7-4-10-16-15(12)14)17-11-5-2-1-3-6-11/h4,7-11H,1-3,5-6H2. The molecule has 0 N–H and O–H groups in total. The first-order valence-corrected chi connectivity index (χ1v) is 6.60. The first kappa shape index (κ1) is 11.3. The second-order valence-electron chi connectivity index (χ2n) is 4.90. The number of pyridine rings is 1. The van der Waals surface area contributed by atoms with Crippen LogP contribution in [0.4, 0.5) is 0 Å². The van der Waals surface area contributed by atoms with Crippen molar-refractivity contribution >= 4 is 11.5 Å². The highest BCUT2D eigenvalue weighted by Gasteiger charge is 2.20. The van der Waals surface area contributed by atoms with Crippen LogP contribution in [-0.4, -0.2) is 22.5 Å². The molecule has 0 spiro atoms. The lowest BCUT2D eigenvalue weighted by atomic mass is 9.94. The van der Waals surface area contributed by atoms with E-state index in [0.717, 1.165) is 11.3 Å². The molecule has 0 aromatic carbocycles. The van der Waals surface area contributed by atoms with Crippen LogP contribution < -0.4 is 0 Å². The minimum absolute atomic E-state index is 0.0202. The Bertz CT molecular complexity index is 525. The maximum Gasteiger partial charge on any atom is 0.204 e. The Morgan fingerprint density at radius 3 is 2.83 bits per heavy atom. The van der Waals surface area contributed by atoms with Crippen LogP contribution in [0.5, 0.6) is 0 Å². The maximum atomic E-state index is 11.7. The fourth-order valence-corrected chi connectivity index (χ4v) is 2.65. The van der Waals surface area contributed by atoms with E-state index in [2.05, 4.69) is 4.98 Å². The lowest BCUT2D eigenvalue weighted by Crippen LogP contribution is -2.18. The topological polar surface area (TPSA) is 42.3 Å². The van der Waals surface area contributed by atoms with Gasteiger partial charge in [0.25, 0.3) is 0 Å². The average molecular weight is 240 g/mol. The third-order valence-electron chi connectivity index (χ3n) is 3.61. The van der Waals surface area contributed by atoms with Gasteiger partial charge in [-0.2, -0.15) is 0 Å². The molecule has 92 valence electrons. The van der Waals surface area contributed by atoms with Gasteiger partial charge in [-0.1, -0.05) is 19.3 Å². The number of hydrogen-bond donors (Lipinski definition) is 0. The van der Waals surface area contributed by atoms with E-state index in [9.17, 15) is 4.79 Å². The van der Waals surface area contributed by atoms with Crippen molar-refractivity contribution in [3.63, 3.8) is 0 Å². The Morgan fingerprint density at radius 2 is 2.00 bits per heavy atom. The molecule has 1 fully saturated rings. The summed E-state index contributed by atoms with van der Waals surface area (Å²) < 4.78 is 0. The number of fused-ring (bicyclic) bond motifs is 1. The van der Waals surface area contributed by atoms with E-state index in [0.29, 0.717) is 11.7 Å². The van der Waals surface area contributed by atoms with Gasteiger partial charge in [0, 0.05) is 11.8 Å². The van der Waals surface area contributed by atoms with Crippen LogP contribution in [0, 0.1) is 0 Å². The molecule has 0 amide bonds. The predicted molar refractivity (Wildman–Crippen MR) is 71.1 cm³/mol. The van der Waals surface area contributed by atoms with Crippen LogP contribution in [-0.2, 0) is 0 Å². The SMILES string of the molecule is O=C1C=CC(=NC2CCCCC2)c2cccnc21. The summed E-state index contributed by atoms with van der Waals surface area (Å²) in [4.78, 5) is 20.7. The smallest absolute Gasteiger partial charge is 0.204 e. The third kappa shape index (κ3) is 2.13. The van der Waals surface area contributed by atoms with Gasteiger partial charge in [-0.15, -0.1) is 0 Å². The number of nitrogens with zero attached hydrogens (tertiary/aromatic N) is 2. The van der Waals surface area contributed by atoms with Crippen molar-refractivity contribution in [3.8, 4) is 0 Å². The molecule has 0 atom stereocenters. The summed E-state index contributed by atoms with van der Waals surface area (Å²) in [5.74, 6) is -0.0202. The zero-order chi connectivity index (χ0) is 12.4. The lowest BCUT2D eigenvalue weighted by molar-refractivity contribution is 0.104. The van der Waals surface area contributed by atoms with E-state index in [-0.39, 0.29) is 5.78 Å². The molecule has 3 heteroatoms. The summed E-state index contributed by atoms with van der Waals surface area (Å²) >= 11 is 0.